The maximum absolute atomic E-state index is 12.3. The van der Waals surface area contributed by atoms with Gasteiger partial charge in [-0.15, -0.1) is 11.3 Å². The first-order valence-electron chi connectivity index (χ1n) is 7.74. The highest BCUT2D eigenvalue weighted by atomic mass is 32.2. The van der Waals surface area contributed by atoms with Crippen molar-refractivity contribution in [2.45, 2.75) is 39.0 Å². The minimum atomic E-state index is -3.15. The van der Waals surface area contributed by atoms with Crippen LogP contribution in [-0.4, -0.2) is 66.7 Å². The summed E-state index contributed by atoms with van der Waals surface area (Å²) in [7, 11) is -3.15. The Morgan fingerprint density at radius 1 is 1.45 bits per heavy atom. The normalized spacial score (nSPS) is 27.2. The fourth-order valence-corrected chi connectivity index (χ4v) is 5.36. The lowest BCUT2D eigenvalue weighted by Crippen LogP contribution is -2.50. The number of thiazole rings is 1. The predicted molar refractivity (Wildman–Crippen MR) is 86.4 cm³/mol. The second-order valence-electron chi connectivity index (χ2n) is 5.94. The van der Waals surface area contributed by atoms with Gasteiger partial charge in [-0.3, -0.25) is 4.90 Å². The Morgan fingerprint density at radius 3 is 2.95 bits per heavy atom. The molecule has 1 aromatic rings. The molecule has 8 heteroatoms. The summed E-state index contributed by atoms with van der Waals surface area (Å²) in [4.78, 5) is 6.84. The molecule has 124 valence electrons. The van der Waals surface area contributed by atoms with E-state index in [9.17, 15) is 8.42 Å². The van der Waals surface area contributed by atoms with Crippen molar-refractivity contribution in [2.75, 3.05) is 32.0 Å². The fraction of sp³-hybridized carbons (Fsp3) is 0.786. The zero-order valence-corrected chi connectivity index (χ0v) is 14.7. The molecule has 3 rings (SSSR count). The molecule has 0 aromatic carbocycles. The Bertz CT molecular complexity index is 617. The highest BCUT2D eigenvalue weighted by Gasteiger charge is 2.43. The van der Waals surface area contributed by atoms with E-state index in [2.05, 4.69) is 15.3 Å². The predicted octanol–water partition coefficient (Wildman–Crippen LogP) is 1.08. The van der Waals surface area contributed by atoms with Gasteiger partial charge in [0.15, 0.2) is 0 Å². The molecule has 2 fully saturated rings. The molecule has 0 N–H and O–H groups in total. The SMILES string of the molecule is CCCS(=O)(=O)N1C[C@@H]2OCCN(Cc3csc(C)n3)[C@@H]2C1. The average Bonchev–Trinajstić information content (AvgIpc) is 3.06. The highest BCUT2D eigenvalue weighted by Crippen LogP contribution is 2.26. The zero-order valence-electron chi connectivity index (χ0n) is 13.1. The Labute approximate surface area is 136 Å². The smallest absolute Gasteiger partial charge is 0.214 e. The van der Waals surface area contributed by atoms with Crippen molar-refractivity contribution in [2.24, 2.45) is 0 Å². The molecular weight excluding hydrogens is 322 g/mol. The van der Waals surface area contributed by atoms with Crippen LogP contribution in [0.1, 0.15) is 24.0 Å². The Balaban J connectivity index is 1.70. The maximum Gasteiger partial charge on any atom is 0.214 e. The van der Waals surface area contributed by atoms with Crippen LogP contribution in [0, 0.1) is 6.92 Å². The van der Waals surface area contributed by atoms with Gasteiger partial charge >= 0.3 is 0 Å². The second kappa shape index (κ2) is 6.52. The summed E-state index contributed by atoms with van der Waals surface area (Å²) in [5, 5.41) is 3.15. The first-order chi connectivity index (χ1) is 10.5. The standard InChI is InChI=1S/C14H23N3O3S2/c1-3-6-22(18,19)17-8-13-14(9-17)20-5-4-16(13)7-12-10-21-11(2)15-12/h10,13-14H,3-9H2,1-2H3/t13-,14+/m1/s1. The van der Waals surface area contributed by atoms with E-state index in [1.807, 2.05) is 13.8 Å². The Kier molecular flexibility index (Phi) is 4.84. The van der Waals surface area contributed by atoms with E-state index in [0.29, 0.717) is 26.1 Å². The minimum Gasteiger partial charge on any atom is -0.374 e. The number of fused-ring (bicyclic) bond motifs is 1. The molecule has 1 aromatic heterocycles. The molecule has 0 aliphatic carbocycles. The summed E-state index contributed by atoms with van der Waals surface area (Å²) in [6.45, 7) is 7.19. The summed E-state index contributed by atoms with van der Waals surface area (Å²) in [6, 6.07) is 0.141. The van der Waals surface area contributed by atoms with Crippen molar-refractivity contribution < 1.29 is 13.2 Å². The van der Waals surface area contributed by atoms with Crippen LogP contribution in [0.4, 0.5) is 0 Å². The zero-order chi connectivity index (χ0) is 15.7. The van der Waals surface area contributed by atoms with E-state index in [1.54, 1.807) is 15.6 Å². The summed E-state index contributed by atoms with van der Waals surface area (Å²) in [5.74, 6) is 0.220. The van der Waals surface area contributed by atoms with Gasteiger partial charge in [-0.25, -0.2) is 13.4 Å². The molecule has 0 unspecified atom stereocenters. The number of morpholine rings is 1. The molecule has 0 amide bonds. The number of hydrogen-bond donors (Lipinski definition) is 0. The number of sulfonamides is 1. The number of ether oxygens (including phenoxy) is 1. The second-order valence-corrected chi connectivity index (χ2v) is 9.09. The van der Waals surface area contributed by atoms with Gasteiger partial charge in [0.1, 0.15) is 0 Å². The molecule has 2 atom stereocenters. The Hall–Kier alpha value is -0.540. The third kappa shape index (κ3) is 3.35. The topological polar surface area (TPSA) is 62.7 Å². The Morgan fingerprint density at radius 2 is 2.27 bits per heavy atom. The number of nitrogens with zero attached hydrogens (tertiary/aromatic N) is 3. The minimum absolute atomic E-state index is 0.0138. The fourth-order valence-electron chi connectivity index (χ4n) is 3.22. The van der Waals surface area contributed by atoms with Gasteiger partial charge < -0.3 is 4.74 Å². The molecule has 3 heterocycles. The molecule has 0 bridgehead atoms. The van der Waals surface area contributed by atoms with Crippen LogP contribution in [0.15, 0.2) is 5.38 Å². The number of aromatic nitrogens is 1. The molecule has 0 saturated carbocycles. The molecule has 2 saturated heterocycles. The number of hydrogen-bond acceptors (Lipinski definition) is 6. The van der Waals surface area contributed by atoms with Crippen LogP contribution >= 0.6 is 11.3 Å². The first kappa shape index (κ1) is 16.3. The van der Waals surface area contributed by atoms with E-state index in [-0.39, 0.29) is 17.9 Å². The molecule has 0 spiro atoms. The van der Waals surface area contributed by atoms with Gasteiger partial charge in [-0.2, -0.15) is 4.31 Å². The molecule has 0 radical (unpaired) electrons. The van der Waals surface area contributed by atoms with Crippen molar-refractivity contribution in [3.8, 4) is 0 Å². The van der Waals surface area contributed by atoms with Crippen molar-refractivity contribution in [1.82, 2.24) is 14.2 Å². The van der Waals surface area contributed by atoms with E-state index < -0.39 is 10.0 Å². The van der Waals surface area contributed by atoms with Gasteiger partial charge in [0.05, 0.1) is 35.2 Å². The van der Waals surface area contributed by atoms with E-state index in [1.165, 1.54) is 0 Å². The third-order valence-corrected chi connectivity index (χ3v) is 7.10. The average molecular weight is 345 g/mol. The lowest BCUT2D eigenvalue weighted by atomic mass is 10.1. The largest absolute Gasteiger partial charge is 0.374 e. The molecule has 2 aliphatic rings. The van der Waals surface area contributed by atoms with Gasteiger partial charge in [-0.05, 0) is 13.3 Å². The first-order valence-corrected chi connectivity index (χ1v) is 10.2. The molecule has 6 nitrogen and oxygen atoms in total. The van der Waals surface area contributed by atoms with Crippen molar-refractivity contribution in [3.05, 3.63) is 16.1 Å². The van der Waals surface area contributed by atoms with Crippen molar-refractivity contribution >= 4 is 21.4 Å². The summed E-state index contributed by atoms with van der Waals surface area (Å²) >= 11 is 1.65. The van der Waals surface area contributed by atoms with E-state index in [0.717, 1.165) is 23.8 Å². The van der Waals surface area contributed by atoms with Crippen molar-refractivity contribution in [1.29, 1.82) is 0 Å². The van der Waals surface area contributed by atoms with Crippen LogP contribution in [0.25, 0.3) is 0 Å². The number of aryl methyl sites for hydroxylation is 1. The van der Waals surface area contributed by atoms with Crippen molar-refractivity contribution in [3.63, 3.8) is 0 Å². The molecule has 2 aliphatic heterocycles. The molecular formula is C14H23N3O3S2. The van der Waals surface area contributed by atoms with Gasteiger partial charge in [0, 0.05) is 31.6 Å². The quantitative estimate of drug-likeness (QED) is 0.799. The van der Waals surface area contributed by atoms with Gasteiger partial charge in [-0.1, -0.05) is 6.92 Å². The van der Waals surface area contributed by atoms with Gasteiger partial charge in [0.25, 0.3) is 0 Å². The van der Waals surface area contributed by atoms with E-state index in [4.69, 9.17) is 4.74 Å². The highest BCUT2D eigenvalue weighted by molar-refractivity contribution is 7.89. The lowest BCUT2D eigenvalue weighted by molar-refractivity contribution is -0.0505. The monoisotopic (exact) mass is 345 g/mol. The summed E-state index contributed by atoms with van der Waals surface area (Å²) in [6.07, 6.45) is 0.636. The maximum atomic E-state index is 12.3. The summed E-state index contributed by atoms with van der Waals surface area (Å²) in [5.41, 5.74) is 1.07. The van der Waals surface area contributed by atoms with Crippen LogP contribution in [0.5, 0.6) is 0 Å². The van der Waals surface area contributed by atoms with Crippen LogP contribution < -0.4 is 0 Å². The number of rotatable bonds is 5. The van der Waals surface area contributed by atoms with Crippen LogP contribution in [0.2, 0.25) is 0 Å². The van der Waals surface area contributed by atoms with E-state index >= 15 is 0 Å². The lowest BCUT2D eigenvalue weighted by Gasteiger charge is -2.36. The van der Waals surface area contributed by atoms with Crippen LogP contribution in [0.3, 0.4) is 0 Å². The molecule has 22 heavy (non-hydrogen) atoms. The third-order valence-electron chi connectivity index (χ3n) is 4.27. The van der Waals surface area contributed by atoms with Crippen LogP contribution in [-0.2, 0) is 21.3 Å². The van der Waals surface area contributed by atoms with Gasteiger partial charge in [0.2, 0.25) is 10.0 Å². The summed E-state index contributed by atoms with van der Waals surface area (Å²) < 4.78 is 32.0.